The fraction of sp³-hybridized carbons (Fsp3) is 0.636. The summed E-state index contributed by atoms with van der Waals surface area (Å²) in [6, 6.07) is 0. The van der Waals surface area contributed by atoms with Crippen LogP contribution in [0.4, 0.5) is 26.3 Å². The van der Waals surface area contributed by atoms with E-state index in [-0.39, 0.29) is 0 Å². The number of aromatic amines is 1. The zero-order chi connectivity index (χ0) is 18.1. The molecule has 1 unspecified atom stereocenters. The third kappa shape index (κ3) is 8.49. The molecular weight excluding hydrogens is 322 g/mol. The van der Waals surface area contributed by atoms with E-state index in [9.17, 15) is 26.3 Å². The van der Waals surface area contributed by atoms with Gasteiger partial charge in [0.05, 0.1) is 7.05 Å². The minimum absolute atomic E-state index is 0.972. The Labute approximate surface area is 122 Å². The number of rotatable bonds is 2. The Hall–Kier alpha value is -1.78. The summed E-state index contributed by atoms with van der Waals surface area (Å²) in [4.78, 5) is 12.0. The molecule has 22 heavy (non-hydrogen) atoms. The fourth-order valence-electron chi connectivity index (χ4n) is 0.912. The third-order valence-electron chi connectivity index (χ3n) is 2.00. The number of aliphatic hydroxyl groups is 1. The molecule has 1 rings (SSSR count). The minimum atomic E-state index is -5.94. The molecule has 2 N–H and O–H groups in total. The molecule has 1 atom stereocenters. The van der Waals surface area contributed by atoms with E-state index in [1.54, 1.807) is 0 Å². The number of alkyl halides is 6. The SMILES string of the molecule is CC(=O)[O-].CCc1[nH]cc[n+]1C.OC(F)(C(F)F)C(F)(F)F. The van der Waals surface area contributed by atoms with E-state index < -0.39 is 24.4 Å². The number of aryl methyl sites for hydroxylation is 2. The Morgan fingerprint density at radius 2 is 1.82 bits per heavy atom. The summed E-state index contributed by atoms with van der Waals surface area (Å²) < 4.78 is 68.3. The quantitative estimate of drug-likeness (QED) is 0.613. The Kier molecular flexibility index (Phi) is 9.49. The molecule has 0 aliphatic rings. The Morgan fingerprint density at radius 3 is 1.91 bits per heavy atom. The van der Waals surface area contributed by atoms with Crippen LogP contribution in [-0.2, 0) is 18.3 Å². The summed E-state index contributed by atoms with van der Waals surface area (Å²) >= 11 is 0. The van der Waals surface area contributed by atoms with Crippen LogP contribution in [0.2, 0.25) is 0 Å². The van der Waals surface area contributed by atoms with E-state index in [0.717, 1.165) is 13.3 Å². The smallest absolute Gasteiger partial charge is 0.454 e. The first-order valence-electron chi connectivity index (χ1n) is 5.72. The first kappa shape index (κ1) is 22.5. The van der Waals surface area contributed by atoms with Crippen molar-refractivity contribution in [2.75, 3.05) is 0 Å². The van der Waals surface area contributed by atoms with Crippen molar-refractivity contribution in [3.8, 4) is 0 Å². The summed E-state index contributed by atoms with van der Waals surface area (Å²) in [6.45, 7) is 3.10. The van der Waals surface area contributed by atoms with Crippen LogP contribution in [0.15, 0.2) is 12.4 Å². The number of carbonyl (C=O) groups excluding carboxylic acids is 1. The maximum Gasteiger partial charge on any atom is 0.454 e. The van der Waals surface area contributed by atoms with E-state index in [1.165, 1.54) is 5.82 Å². The van der Waals surface area contributed by atoms with Crippen molar-refractivity contribution in [3.05, 3.63) is 18.2 Å². The number of halogens is 6. The van der Waals surface area contributed by atoms with Gasteiger partial charge < -0.3 is 15.0 Å². The van der Waals surface area contributed by atoms with E-state index in [0.29, 0.717) is 0 Å². The van der Waals surface area contributed by atoms with Gasteiger partial charge >= 0.3 is 18.5 Å². The van der Waals surface area contributed by atoms with Crippen LogP contribution in [0.3, 0.4) is 0 Å². The van der Waals surface area contributed by atoms with E-state index in [2.05, 4.69) is 16.5 Å². The van der Waals surface area contributed by atoms with Crippen LogP contribution in [-0.4, -0.2) is 34.5 Å². The molecule has 1 heterocycles. The number of carboxylic acid groups (broad SMARTS) is 1. The number of H-pyrrole nitrogens is 1. The number of hydrogen-bond acceptors (Lipinski definition) is 3. The number of nitrogens with one attached hydrogen (secondary N) is 1. The van der Waals surface area contributed by atoms with Gasteiger partial charge in [-0.2, -0.15) is 17.6 Å². The van der Waals surface area contributed by atoms with Gasteiger partial charge in [0.1, 0.15) is 12.4 Å². The number of hydrogen-bond donors (Lipinski definition) is 2. The zero-order valence-electron chi connectivity index (χ0n) is 11.9. The molecule has 0 radical (unpaired) electrons. The van der Waals surface area contributed by atoms with Crippen molar-refractivity contribution in [2.24, 2.45) is 7.05 Å². The average Bonchev–Trinajstić information content (AvgIpc) is 2.73. The topological polar surface area (TPSA) is 80.0 Å². The number of carboxylic acids is 1. The van der Waals surface area contributed by atoms with Crippen LogP contribution in [0.5, 0.6) is 0 Å². The molecule has 130 valence electrons. The highest BCUT2D eigenvalue weighted by Gasteiger charge is 2.62. The van der Waals surface area contributed by atoms with E-state index in [4.69, 9.17) is 15.0 Å². The fourth-order valence-corrected chi connectivity index (χ4v) is 0.912. The van der Waals surface area contributed by atoms with Gasteiger partial charge in [0, 0.05) is 12.4 Å². The molecule has 0 saturated carbocycles. The van der Waals surface area contributed by atoms with Crippen molar-refractivity contribution >= 4 is 5.97 Å². The van der Waals surface area contributed by atoms with Crippen LogP contribution in [0.1, 0.15) is 19.7 Å². The van der Waals surface area contributed by atoms with Gasteiger partial charge in [-0.3, -0.25) is 0 Å². The predicted molar refractivity (Wildman–Crippen MR) is 60.1 cm³/mol. The van der Waals surface area contributed by atoms with Gasteiger partial charge in [0.2, 0.25) is 0 Å². The Balaban J connectivity index is 0. The van der Waals surface area contributed by atoms with Crippen molar-refractivity contribution in [1.82, 2.24) is 4.98 Å². The molecule has 5 nitrogen and oxygen atoms in total. The lowest BCUT2D eigenvalue weighted by atomic mass is 10.3. The highest BCUT2D eigenvalue weighted by atomic mass is 19.4. The predicted octanol–water partition coefficient (Wildman–Crippen LogP) is 0.630. The van der Waals surface area contributed by atoms with Gasteiger partial charge in [-0.1, -0.05) is 6.92 Å². The number of imidazole rings is 1. The highest BCUT2D eigenvalue weighted by molar-refractivity contribution is 5.60. The number of carbonyl (C=O) groups is 1. The molecule has 0 aromatic carbocycles. The largest absolute Gasteiger partial charge is 0.550 e. The van der Waals surface area contributed by atoms with Crippen LogP contribution in [0.25, 0.3) is 0 Å². The number of aliphatic carboxylic acids is 1. The maximum absolute atomic E-state index is 11.4. The Morgan fingerprint density at radius 1 is 1.41 bits per heavy atom. The summed E-state index contributed by atoms with van der Waals surface area (Å²) in [5.74, 6) is -5.21. The lowest BCUT2D eigenvalue weighted by Gasteiger charge is -2.20. The second kappa shape index (κ2) is 9.28. The van der Waals surface area contributed by atoms with E-state index >= 15 is 0 Å². The van der Waals surface area contributed by atoms with Crippen LogP contribution >= 0.6 is 0 Å². The van der Waals surface area contributed by atoms with Gasteiger partial charge in [-0.15, -0.1) is 0 Å². The summed E-state index contributed by atoms with van der Waals surface area (Å²) in [7, 11) is 2.04. The lowest BCUT2D eigenvalue weighted by Crippen LogP contribution is -2.47. The number of aromatic nitrogens is 2. The molecular formula is C11H16F6N2O3. The zero-order valence-corrected chi connectivity index (χ0v) is 11.9. The molecule has 1 aromatic heterocycles. The highest BCUT2D eigenvalue weighted by Crippen LogP contribution is 2.36. The van der Waals surface area contributed by atoms with Gasteiger partial charge in [0.15, 0.2) is 0 Å². The maximum atomic E-state index is 11.4. The molecule has 0 amide bonds. The van der Waals surface area contributed by atoms with Crippen molar-refractivity contribution in [2.45, 2.75) is 38.7 Å². The van der Waals surface area contributed by atoms with Crippen molar-refractivity contribution in [3.63, 3.8) is 0 Å². The van der Waals surface area contributed by atoms with Crippen molar-refractivity contribution < 1.29 is 45.9 Å². The second-order valence-corrected chi connectivity index (χ2v) is 3.83. The molecule has 11 heteroatoms. The lowest BCUT2D eigenvalue weighted by molar-refractivity contribution is -0.677. The third-order valence-corrected chi connectivity index (χ3v) is 2.00. The summed E-state index contributed by atoms with van der Waals surface area (Å²) in [6.07, 6.45) is -5.39. The minimum Gasteiger partial charge on any atom is -0.550 e. The van der Waals surface area contributed by atoms with Crippen LogP contribution in [0, 0.1) is 0 Å². The van der Waals surface area contributed by atoms with Crippen LogP contribution < -0.4 is 9.67 Å². The summed E-state index contributed by atoms with van der Waals surface area (Å²) in [5.41, 5.74) is 0. The van der Waals surface area contributed by atoms with Gasteiger partial charge in [-0.25, -0.2) is 18.3 Å². The Bertz CT molecular complexity index is 441. The molecule has 0 aliphatic carbocycles. The first-order chi connectivity index (χ1) is 9.77. The first-order valence-corrected chi connectivity index (χ1v) is 5.72. The summed E-state index contributed by atoms with van der Waals surface area (Å²) in [5, 5.41) is 16.3. The molecule has 0 aliphatic heterocycles. The average molecular weight is 338 g/mol. The standard InChI is InChI=1S/C6H10N2.C3H2F6O.C2H4O2/c1-3-6-7-4-5-8(6)2;4-1(5)2(6,10)3(7,8)9;1-2(3)4/h4-5H,3H2,1-2H3;1,10H;1H3,(H,3,4). The second-order valence-electron chi connectivity index (χ2n) is 3.83. The molecule has 0 spiro atoms. The molecule has 0 bridgehead atoms. The van der Waals surface area contributed by atoms with E-state index in [1.807, 2.05) is 19.4 Å². The van der Waals surface area contributed by atoms with Crippen molar-refractivity contribution in [1.29, 1.82) is 0 Å². The van der Waals surface area contributed by atoms with Gasteiger partial charge in [-0.05, 0) is 6.92 Å². The molecule has 1 aromatic rings. The van der Waals surface area contributed by atoms with Gasteiger partial charge in [0.25, 0.3) is 5.82 Å². The molecule has 0 saturated heterocycles. The molecule has 0 fully saturated rings. The number of nitrogens with zero attached hydrogens (tertiary/aromatic N) is 1. The normalized spacial score (nSPS) is 13.4. The monoisotopic (exact) mass is 338 g/mol.